The van der Waals surface area contributed by atoms with Gasteiger partial charge in [0.15, 0.2) is 0 Å². The average molecular weight is 140 g/mol. The van der Waals surface area contributed by atoms with E-state index in [1.165, 1.54) is 0 Å². The van der Waals surface area contributed by atoms with Crippen molar-refractivity contribution in [3.63, 3.8) is 0 Å². The standard InChI is InChI=1S/C7H13BO2/c1-6(2)8-9-5-7(3,4)10-8/h1,5H2,2-4H3. The minimum absolute atomic E-state index is 0.135. The fourth-order valence-electron chi connectivity index (χ4n) is 0.877. The molecule has 0 aliphatic carbocycles. The van der Waals surface area contributed by atoms with Crippen LogP contribution < -0.4 is 0 Å². The number of hydrogen-bond donors (Lipinski definition) is 0. The van der Waals surface area contributed by atoms with E-state index in [0.29, 0.717) is 6.61 Å². The van der Waals surface area contributed by atoms with Crippen molar-refractivity contribution < 1.29 is 9.31 Å². The molecule has 0 atom stereocenters. The molecule has 0 aromatic rings. The summed E-state index contributed by atoms with van der Waals surface area (Å²) in [6.45, 7) is 10.3. The van der Waals surface area contributed by atoms with E-state index >= 15 is 0 Å². The molecule has 2 nitrogen and oxygen atoms in total. The van der Waals surface area contributed by atoms with Gasteiger partial charge >= 0.3 is 7.12 Å². The Bertz CT molecular complexity index is 154. The molecule has 0 unspecified atom stereocenters. The molecule has 0 amide bonds. The molecular weight excluding hydrogens is 127 g/mol. The first-order valence-electron chi connectivity index (χ1n) is 3.46. The van der Waals surface area contributed by atoms with Gasteiger partial charge in [-0.05, 0) is 20.8 Å². The molecule has 1 rings (SSSR count). The topological polar surface area (TPSA) is 18.5 Å². The van der Waals surface area contributed by atoms with E-state index in [2.05, 4.69) is 6.58 Å². The molecule has 56 valence electrons. The summed E-state index contributed by atoms with van der Waals surface area (Å²) in [6, 6.07) is 0. The second kappa shape index (κ2) is 2.40. The maximum atomic E-state index is 5.49. The Kier molecular flexibility index (Phi) is 1.88. The molecule has 1 aliphatic rings. The maximum Gasteiger partial charge on any atom is 0.489 e. The van der Waals surface area contributed by atoms with Crippen molar-refractivity contribution >= 4 is 7.12 Å². The number of allylic oxidation sites excluding steroid dienone is 1. The van der Waals surface area contributed by atoms with E-state index in [1.54, 1.807) is 0 Å². The minimum atomic E-state index is -0.185. The van der Waals surface area contributed by atoms with Crippen LogP contribution >= 0.6 is 0 Å². The highest BCUT2D eigenvalue weighted by molar-refractivity contribution is 6.53. The summed E-state index contributed by atoms with van der Waals surface area (Å²) in [5.74, 6) is 0. The van der Waals surface area contributed by atoms with E-state index in [4.69, 9.17) is 9.31 Å². The zero-order chi connectivity index (χ0) is 7.78. The lowest BCUT2D eigenvalue weighted by atomic mass is 9.81. The van der Waals surface area contributed by atoms with Crippen LogP contribution in [0.25, 0.3) is 0 Å². The zero-order valence-corrected chi connectivity index (χ0v) is 6.81. The molecule has 0 radical (unpaired) electrons. The van der Waals surface area contributed by atoms with Gasteiger partial charge in [-0.25, -0.2) is 0 Å². The zero-order valence-electron chi connectivity index (χ0n) is 6.81. The minimum Gasteiger partial charge on any atom is -0.405 e. The third-order valence-corrected chi connectivity index (χ3v) is 1.41. The van der Waals surface area contributed by atoms with Crippen LogP contribution in [0.15, 0.2) is 12.1 Å². The van der Waals surface area contributed by atoms with Crippen LogP contribution in [0.5, 0.6) is 0 Å². The average Bonchev–Trinajstić information content (AvgIpc) is 2.10. The smallest absolute Gasteiger partial charge is 0.405 e. The van der Waals surface area contributed by atoms with Crippen molar-refractivity contribution in [2.75, 3.05) is 6.61 Å². The van der Waals surface area contributed by atoms with Crippen LogP contribution in [-0.4, -0.2) is 19.3 Å². The van der Waals surface area contributed by atoms with Crippen molar-refractivity contribution in [2.45, 2.75) is 26.4 Å². The van der Waals surface area contributed by atoms with Crippen LogP contribution in [0.1, 0.15) is 20.8 Å². The Balaban J connectivity index is 2.51. The SMILES string of the molecule is C=C(C)B1OCC(C)(C)O1. The summed E-state index contributed by atoms with van der Waals surface area (Å²) in [5, 5.41) is 0. The third-order valence-electron chi connectivity index (χ3n) is 1.41. The normalized spacial score (nSPS) is 23.3. The Morgan fingerprint density at radius 2 is 2.20 bits per heavy atom. The van der Waals surface area contributed by atoms with Gasteiger partial charge in [0.2, 0.25) is 0 Å². The summed E-state index contributed by atoms with van der Waals surface area (Å²) >= 11 is 0. The van der Waals surface area contributed by atoms with E-state index in [0.717, 1.165) is 5.47 Å². The fourth-order valence-corrected chi connectivity index (χ4v) is 0.877. The Labute approximate surface area is 62.4 Å². The highest BCUT2D eigenvalue weighted by Crippen LogP contribution is 2.22. The largest absolute Gasteiger partial charge is 0.489 e. The Morgan fingerprint density at radius 1 is 1.60 bits per heavy atom. The Hall–Kier alpha value is -0.275. The van der Waals surface area contributed by atoms with Crippen molar-refractivity contribution in [1.29, 1.82) is 0 Å². The van der Waals surface area contributed by atoms with Gasteiger partial charge in [0.1, 0.15) is 0 Å². The molecule has 0 spiro atoms. The van der Waals surface area contributed by atoms with Gasteiger partial charge in [-0.2, -0.15) is 0 Å². The quantitative estimate of drug-likeness (QED) is 0.512. The summed E-state index contributed by atoms with van der Waals surface area (Å²) in [5.41, 5.74) is 0.800. The van der Waals surface area contributed by atoms with E-state index in [1.807, 2.05) is 20.8 Å². The second-order valence-electron chi connectivity index (χ2n) is 3.37. The first-order chi connectivity index (χ1) is 4.51. The van der Waals surface area contributed by atoms with E-state index in [-0.39, 0.29) is 12.7 Å². The lowest BCUT2D eigenvalue weighted by Crippen LogP contribution is -2.25. The van der Waals surface area contributed by atoms with Crippen molar-refractivity contribution in [3.8, 4) is 0 Å². The fraction of sp³-hybridized carbons (Fsp3) is 0.714. The van der Waals surface area contributed by atoms with Crippen LogP contribution in [0.2, 0.25) is 0 Å². The summed E-state index contributed by atoms with van der Waals surface area (Å²) < 4.78 is 10.8. The van der Waals surface area contributed by atoms with Gasteiger partial charge < -0.3 is 9.31 Å². The van der Waals surface area contributed by atoms with Gasteiger partial charge in [0.05, 0.1) is 12.2 Å². The maximum absolute atomic E-state index is 5.49. The molecular formula is C7H13BO2. The molecule has 0 saturated carbocycles. The molecule has 0 aromatic heterocycles. The molecule has 3 heteroatoms. The summed E-state index contributed by atoms with van der Waals surface area (Å²) in [6.07, 6.45) is 0. The van der Waals surface area contributed by atoms with E-state index in [9.17, 15) is 0 Å². The molecule has 1 aliphatic heterocycles. The van der Waals surface area contributed by atoms with Crippen LogP contribution in [0, 0.1) is 0 Å². The monoisotopic (exact) mass is 140 g/mol. The predicted molar refractivity (Wildman–Crippen MR) is 41.7 cm³/mol. The summed E-state index contributed by atoms with van der Waals surface area (Å²) in [4.78, 5) is 0. The highest BCUT2D eigenvalue weighted by Gasteiger charge is 2.36. The number of hydrogen-bond acceptors (Lipinski definition) is 2. The Morgan fingerprint density at radius 3 is 2.40 bits per heavy atom. The summed E-state index contributed by atoms with van der Waals surface area (Å²) in [7, 11) is -0.185. The van der Waals surface area contributed by atoms with Crippen molar-refractivity contribution in [3.05, 3.63) is 12.1 Å². The van der Waals surface area contributed by atoms with E-state index < -0.39 is 0 Å². The lowest BCUT2D eigenvalue weighted by Gasteiger charge is -2.15. The van der Waals surface area contributed by atoms with Crippen LogP contribution in [0.4, 0.5) is 0 Å². The molecule has 0 aromatic carbocycles. The number of rotatable bonds is 1. The second-order valence-corrected chi connectivity index (χ2v) is 3.37. The molecule has 0 bridgehead atoms. The third kappa shape index (κ3) is 1.61. The molecule has 10 heavy (non-hydrogen) atoms. The lowest BCUT2D eigenvalue weighted by molar-refractivity contribution is 0.136. The highest BCUT2D eigenvalue weighted by atomic mass is 16.7. The molecule has 0 N–H and O–H groups in total. The van der Waals surface area contributed by atoms with Crippen molar-refractivity contribution in [1.82, 2.24) is 0 Å². The van der Waals surface area contributed by atoms with Gasteiger partial charge in [0.25, 0.3) is 0 Å². The van der Waals surface area contributed by atoms with Crippen molar-refractivity contribution in [2.24, 2.45) is 0 Å². The van der Waals surface area contributed by atoms with Crippen LogP contribution in [0.3, 0.4) is 0 Å². The predicted octanol–water partition coefficient (Wildman–Crippen LogP) is 1.42. The van der Waals surface area contributed by atoms with Crippen LogP contribution in [-0.2, 0) is 9.31 Å². The first kappa shape index (κ1) is 7.83. The van der Waals surface area contributed by atoms with Gasteiger partial charge in [0, 0.05) is 0 Å². The van der Waals surface area contributed by atoms with Gasteiger partial charge in [-0.1, -0.05) is 5.47 Å². The van der Waals surface area contributed by atoms with Gasteiger partial charge in [-0.15, -0.1) is 6.58 Å². The molecule has 1 heterocycles. The molecule has 1 fully saturated rings. The van der Waals surface area contributed by atoms with Gasteiger partial charge in [-0.3, -0.25) is 0 Å². The molecule has 1 saturated heterocycles. The first-order valence-corrected chi connectivity index (χ1v) is 3.46.